The molecule has 1 heterocycles. The number of hydrogen-bond acceptors (Lipinski definition) is 3. The molecule has 1 aromatic heterocycles. The van der Waals surface area contributed by atoms with Crippen LogP contribution in [-0.4, -0.2) is 20.8 Å². The largest absolute Gasteiger partial charge is 0.385 e. The van der Waals surface area contributed by atoms with Crippen LogP contribution in [-0.2, 0) is 4.74 Å². The zero-order chi connectivity index (χ0) is 11.3. The molecule has 1 aromatic rings. The lowest BCUT2D eigenvalue weighted by molar-refractivity contribution is 0.171. The topological polar surface area (TPSA) is 21.3 Å². The lowest BCUT2D eigenvalue weighted by atomic mass is 9.97. The van der Waals surface area contributed by atoms with Gasteiger partial charge in [-0.1, -0.05) is 18.5 Å². The normalized spacial score (nSPS) is 15.2. The summed E-state index contributed by atoms with van der Waals surface area (Å²) in [7, 11) is 3.73. The highest BCUT2D eigenvalue weighted by atomic mass is 35.5. The Morgan fingerprint density at radius 1 is 1.53 bits per heavy atom. The van der Waals surface area contributed by atoms with E-state index in [9.17, 15) is 0 Å². The Kier molecular flexibility index (Phi) is 5.61. The van der Waals surface area contributed by atoms with E-state index in [1.54, 1.807) is 18.4 Å². The first-order chi connectivity index (χ1) is 7.19. The van der Waals surface area contributed by atoms with Crippen molar-refractivity contribution in [1.29, 1.82) is 0 Å². The van der Waals surface area contributed by atoms with Gasteiger partial charge in [0.2, 0.25) is 0 Å². The van der Waals surface area contributed by atoms with Crippen molar-refractivity contribution < 1.29 is 4.74 Å². The van der Waals surface area contributed by atoms with Gasteiger partial charge in [-0.2, -0.15) is 0 Å². The molecule has 0 fully saturated rings. The molecule has 2 atom stereocenters. The van der Waals surface area contributed by atoms with E-state index < -0.39 is 0 Å². The molecule has 15 heavy (non-hydrogen) atoms. The van der Waals surface area contributed by atoms with Gasteiger partial charge in [-0.25, -0.2) is 0 Å². The Morgan fingerprint density at radius 2 is 2.27 bits per heavy atom. The number of ether oxygens (including phenoxy) is 1. The van der Waals surface area contributed by atoms with Crippen LogP contribution in [0.4, 0.5) is 0 Å². The van der Waals surface area contributed by atoms with Crippen LogP contribution in [0.2, 0.25) is 4.34 Å². The van der Waals surface area contributed by atoms with Crippen molar-refractivity contribution in [3.8, 4) is 0 Å². The Balaban J connectivity index is 2.62. The van der Waals surface area contributed by atoms with Crippen LogP contribution in [0.5, 0.6) is 0 Å². The van der Waals surface area contributed by atoms with Crippen LogP contribution in [0.3, 0.4) is 0 Å². The first-order valence-electron chi connectivity index (χ1n) is 5.10. The molecule has 0 aliphatic heterocycles. The quantitative estimate of drug-likeness (QED) is 0.833. The minimum atomic E-state index is 0.373. The molecule has 0 aliphatic carbocycles. The molecular weight excluding hydrogens is 230 g/mol. The summed E-state index contributed by atoms with van der Waals surface area (Å²) in [6.07, 6.45) is 1.05. The van der Waals surface area contributed by atoms with Crippen molar-refractivity contribution in [2.24, 2.45) is 5.92 Å². The number of methoxy groups -OCH3 is 1. The highest BCUT2D eigenvalue weighted by Gasteiger charge is 2.18. The second-order valence-corrected chi connectivity index (χ2v) is 5.41. The smallest absolute Gasteiger partial charge is 0.0931 e. The number of thiophene rings is 1. The number of rotatable bonds is 6. The van der Waals surface area contributed by atoms with Crippen LogP contribution in [0, 0.1) is 5.92 Å². The van der Waals surface area contributed by atoms with E-state index in [2.05, 4.69) is 18.3 Å². The molecule has 1 rings (SSSR count). The third-order valence-corrected chi connectivity index (χ3v) is 3.87. The Hall–Kier alpha value is -0.0900. The van der Waals surface area contributed by atoms with Gasteiger partial charge in [0, 0.05) is 24.6 Å². The molecule has 2 nitrogen and oxygen atoms in total. The predicted octanol–water partition coefficient (Wildman–Crippen LogP) is 3.33. The van der Waals surface area contributed by atoms with Gasteiger partial charge in [-0.15, -0.1) is 11.3 Å². The van der Waals surface area contributed by atoms with Crippen LogP contribution < -0.4 is 5.32 Å². The third kappa shape index (κ3) is 3.76. The Morgan fingerprint density at radius 3 is 2.73 bits per heavy atom. The summed E-state index contributed by atoms with van der Waals surface area (Å²) in [4.78, 5) is 1.30. The summed E-state index contributed by atoms with van der Waals surface area (Å²) in [6.45, 7) is 3.03. The zero-order valence-electron chi connectivity index (χ0n) is 9.42. The molecule has 2 unspecified atom stereocenters. The van der Waals surface area contributed by atoms with Crippen LogP contribution in [0.1, 0.15) is 24.3 Å². The fourth-order valence-electron chi connectivity index (χ4n) is 1.67. The molecule has 0 amide bonds. The second-order valence-electron chi connectivity index (χ2n) is 3.67. The van der Waals surface area contributed by atoms with E-state index in [-0.39, 0.29) is 0 Å². The van der Waals surface area contributed by atoms with Gasteiger partial charge in [0.1, 0.15) is 0 Å². The van der Waals surface area contributed by atoms with Crippen molar-refractivity contribution in [2.45, 2.75) is 19.4 Å². The summed E-state index contributed by atoms with van der Waals surface area (Å²) in [5, 5.41) is 3.34. The standard InChI is InChI=1S/C11H18ClNOS/c1-8(6-7-14-3)11(13-2)9-4-5-10(12)15-9/h4-5,8,11,13H,6-7H2,1-3H3. The highest BCUT2D eigenvalue weighted by Crippen LogP contribution is 2.32. The number of nitrogens with one attached hydrogen (secondary N) is 1. The first kappa shape index (κ1) is 13.0. The molecule has 0 radical (unpaired) electrons. The van der Waals surface area contributed by atoms with Crippen LogP contribution >= 0.6 is 22.9 Å². The molecule has 4 heteroatoms. The lowest BCUT2D eigenvalue weighted by Crippen LogP contribution is -2.23. The van der Waals surface area contributed by atoms with E-state index in [1.165, 1.54) is 4.88 Å². The molecular formula is C11H18ClNOS. The summed E-state index contributed by atoms with van der Waals surface area (Å²) in [5.41, 5.74) is 0. The Labute approximate surface area is 101 Å². The monoisotopic (exact) mass is 247 g/mol. The summed E-state index contributed by atoms with van der Waals surface area (Å²) in [6, 6.07) is 4.42. The van der Waals surface area contributed by atoms with E-state index in [4.69, 9.17) is 16.3 Å². The first-order valence-corrected chi connectivity index (χ1v) is 6.30. The molecule has 0 saturated heterocycles. The summed E-state index contributed by atoms with van der Waals surface area (Å²) < 4.78 is 5.95. The Bertz CT molecular complexity index is 290. The van der Waals surface area contributed by atoms with Crippen molar-refractivity contribution in [1.82, 2.24) is 5.32 Å². The van der Waals surface area contributed by atoms with Gasteiger partial charge in [-0.05, 0) is 31.5 Å². The maximum absolute atomic E-state index is 5.94. The minimum absolute atomic E-state index is 0.373. The van der Waals surface area contributed by atoms with Gasteiger partial charge in [-0.3, -0.25) is 0 Å². The molecule has 0 spiro atoms. The fraction of sp³-hybridized carbons (Fsp3) is 0.636. The van der Waals surface area contributed by atoms with Gasteiger partial charge in [0.25, 0.3) is 0 Å². The van der Waals surface area contributed by atoms with E-state index in [1.807, 2.05) is 13.1 Å². The van der Waals surface area contributed by atoms with Gasteiger partial charge in [0.05, 0.1) is 4.34 Å². The maximum atomic E-state index is 5.94. The van der Waals surface area contributed by atoms with E-state index in [0.29, 0.717) is 12.0 Å². The molecule has 0 aromatic carbocycles. The van der Waals surface area contributed by atoms with Gasteiger partial charge >= 0.3 is 0 Å². The third-order valence-electron chi connectivity index (χ3n) is 2.56. The second kappa shape index (κ2) is 6.48. The zero-order valence-corrected chi connectivity index (χ0v) is 11.0. The van der Waals surface area contributed by atoms with Crippen LogP contribution in [0.15, 0.2) is 12.1 Å². The lowest BCUT2D eigenvalue weighted by Gasteiger charge is -2.22. The minimum Gasteiger partial charge on any atom is -0.385 e. The average Bonchev–Trinajstić information content (AvgIpc) is 2.63. The fourth-order valence-corrected chi connectivity index (χ4v) is 2.98. The summed E-state index contributed by atoms with van der Waals surface area (Å²) >= 11 is 7.58. The molecule has 0 aliphatic rings. The van der Waals surface area contributed by atoms with Gasteiger partial charge in [0.15, 0.2) is 0 Å². The molecule has 86 valence electrons. The van der Waals surface area contributed by atoms with Crippen molar-refractivity contribution in [3.63, 3.8) is 0 Å². The summed E-state index contributed by atoms with van der Waals surface area (Å²) in [5.74, 6) is 0.546. The van der Waals surface area contributed by atoms with Crippen molar-refractivity contribution >= 4 is 22.9 Å². The predicted molar refractivity (Wildman–Crippen MR) is 66.8 cm³/mol. The maximum Gasteiger partial charge on any atom is 0.0931 e. The SMILES string of the molecule is CNC(c1ccc(Cl)s1)C(C)CCOC. The van der Waals surface area contributed by atoms with Crippen molar-refractivity contribution in [3.05, 3.63) is 21.3 Å². The van der Waals surface area contributed by atoms with Crippen molar-refractivity contribution in [2.75, 3.05) is 20.8 Å². The molecule has 0 bridgehead atoms. The van der Waals surface area contributed by atoms with E-state index in [0.717, 1.165) is 17.4 Å². The number of hydrogen-bond donors (Lipinski definition) is 1. The molecule has 0 saturated carbocycles. The van der Waals surface area contributed by atoms with E-state index >= 15 is 0 Å². The molecule has 1 N–H and O–H groups in total. The average molecular weight is 248 g/mol. The van der Waals surface area contributed by atoms with Crippen LogP contribution in [0.25, 0.3) is 0 Å². The number of halogens is 1. The van der Waals surface area contributed by atoms with Gasteiger partial charge < -0.3 is 10.1 Å². The highest BCUT2D eigenvalue weighted by molar-refractivity contribution is 7.16.